The van der Waals surface area contributed by atoms with Gasteiger partial charge in [-0.3, -0.25) is 9.78 Å². The second kappa shape index (κ2) is 4.98. The lowest BCUT2D eigenvalue weighted by Crippen LogP contribution is -2.42. The van der Waals surface area contributed by atoms with Gasteiger partial charge < -0.3 is 10.6 Å². The van der Waals surface area contributed by atoms with Crippen LogP contribution in [0.4, 0.5) is 4.39 Å². The third-order valence-electron chi connectivity index (χ3n) is 2.26. The van der Waals surface area contributed by atoms with Gasteiger partial charge in [-0.2, -0.15) is 0 Å². The number of hydrogen-bond donors (Lipinski definition) is 1. The first kappa shape index (κ1) is 12.5. The Balaban J connectivity index is 2.90. The first-order valence-electron chi connectivity index (χ1n) is 4.60. The van der Waals surface area contributed by atoms with Gasteiger partial charge >= 0.3 is 0 Å². The molecule has 2 N–H and O–H groups in total. The Labute approximate surface area is 98.3 Å². The minimum Gasteiger partial charge on any atom is -0.392 e. The highest BCUT2D eigenvalue weighted by molar-refractivity contribution is 7.80. The van der Waals surface area contributed by atoms with Crippen molar-refractivity contribution in [1.82, 2.24) is 9.88 Å². The van der Waals surface area contributed by atoms with Crippen molar-refractivity contribution < 1.29 is 9.18 Å². The van der Waals surface area contributed by atoms with Crippen molar-refractivity contribution in [3.05, 3.63) is 29.8 Å². The molecule has 0 aliphatic rings. The Bertz CT molecular complexity index is 424. The van der Waals surface area contributed by atoms with Crippen LogP contribution >= 0.6 is 12.2 Å². The number of carbonyl (C=O) groups is 1. The quantitative estimate of drug-likeness (QED) is 0.801. The van der Waals surface area contributed by atoms with Crippen LogP contribution < -0.4 is 5.73 Å². The van der Waals surface area contributed by atoms with Crippen LogP contribution in [-0.2, 0) is 0 Å². The van der Waals surface area contributed by atoms with E-state index >= 15 is 0 Å². The molecule has 0 aromatic carbocycles. The molecule has 6 heteroatoms. The summed E-state index contributed by atoms with van der Waals surface area (Å²) in [5.41, 5.74) is 5.60. The van der Waals surface area contributed by atoms with Crippen molar-refractivity contribution in [2.24, 2.45) is 5.73 Å². The lowest BCUT2D eigenvalue weighted by molar-refractivity contribution is 0.0778. The molecule has 1 rings (SSSR count). The number of pyridine rings is 1. The highest BCUT2D eigenvalue weighted by Crippen LogP contribution is 2.07. The summed E-state index contributed by atoms with van der Waals surface area (Å²) in [5.74, 6) is -0.922. The van der Waals surface area contributed by atoms with Gasteiger partial charge in [0.1, 0.15) is 5.82 Å². The Kier molecular flexibility index (Phi) is 3.89. The van der Waals surface area contributed by atoms with E-state index in [1.807, 2.05) is 0 Å². The molecule has 86 valence electrons. The molecule has 4 nitrogen and oxygen atoms in total. The predicted molar refractivity (Wildman–Crippen MR) is 62.5 cm³/mol. The molecule has 1 atom stereocenters. The molecule has 0 aliphatic carbocycles. The zero-order valence-electron chi connectivity index (χ0n) is 8.98. The molecule has 0 fully saturated rings. The number of aromatic nitrogens is 1. The van der Waals surface area contributed by atoms with E-state index in [2.05, 4.69) is 4.98 Å². The first-order chi connectivity index (χ1) is 7.43. The molecule has 0 saturated heterocycles. The zero-order chi connectivity index (χ0) is 12.3. The maximum atomic E-state index is 12.9. The average molecular weight is 241 g/mol. The summed E-state index contributed by atoms with van der Waals surface area (Å²) in [7, 11) is 1.55. The SMILES string of the molecule is CC(C(N)=S)N(C)C(=O)c1cncc(F)c1. The van der Waals surface area contributed by atoms with Gasteiger partial charge in [-0.1, -0.05) is 12.2 Å². The molecule has 1 aromatic rings. The third-order valence-corrected chi connectivity index (χ3v) is 2.61. The van der Waals surface area contributed by atoms with Crippen molar-refractivity contribution in [2.75, 3.05) is 7.05 Å². The van der Waals surface area contributed by atoms with Gasteiger partial charge in [-0.15, -0.1) is 0 Å². The van der Waals surface area contributed by atoms with Gasteiger partial charge in [0.15, 0.2) is 0 Å². The monoisotopic (exact) mass is 241 g/mol. The molecule has 1 heterocycles. The van der Waals surface area contributed by atoms with Crippen LogP contribution in [0, 0.1) is 5.82 Å². The van der Waals surface area contributed by atoms with Crippen LogP contribution in [0.1, 0.15) is 17.3 Å². The molecule has 0 bridgehead atoms. The highest BCUT2D eigenvalue weighted by atomic mass is 32.1. The normalized spacial score (nSPS) is 11.9. The van der Waals surface area contributed by atoms with Crippen LogP contribution in [0.25, 0.3) is 0 Å². The number of likely N-dealkylation sites (N-methyl/N-ethyl adjacent to an activating group) is 1. The molecule has 1 amide bonds. The van der Waals surface area contributed by atoms with Gasteiger partial charge in [0.25, 0.3) is 5.91 Å². The Morgan fingerprint density at radius 1 is 1.62 bits per heavy atom. The van der Waals surface area contributed by atoms with Crippen molar-refractivity contribution in [3.8, 4) is 0 Å². The fourth-order valence-corrected chi connectivity index (χ4v) is 1.26. The van der Waals surface area contributed by atoms with E-state index in [1.54, 1.807) is 14.0 Å². The number of hydrogen-bond acceptors (Lipinski definition) is 3. The summed E-state index contributed by atoms with van der Waals surface area (Å²) in [6.07, 6.45) is 2.34. The number of thiocarbonyl (C=S) groups is 1. The number of halogens is 1. The van der Waals surface area contributed by atoms with Crippen molar-refractivity contribution in [2.45, 2.75) is 13.0 Å². The minimum atomic E-state index is -0.553. The van der Waals surface area contributed by atoms with Crippen LogP contribution in [0.15, 0.2) is 18.5 Å². The van der Waals surface area contributed by atoms with Crippen LogP contribution in [0.3, 0.4) is 0 Å². The highest BCUT2D eigenvalue weighted by Gasteiger charge is 2.19. The second-order valence-corrected chi connectivity index (χ2v) is 3.86. The van der Waals surface area contributed by atoms with Crippen LogP contribution in [-0.4, -0.2) is 33.9 Å². The van der Waals surface area contributed by atoms with E-state index in [0.29, 0.717) is 0 Å². The average Bonchev–Trinajstić information content (AvgIpc) is 2.26. The maximum Gasteiger partial charge on any atom is 0.255 e. The topological polar surface area (TPSA) is 59.2 Å². The van der Waals surface area contributed by atoms with E-state index < -0.39 is 5.82 Å². The first-order valence-corrected chi connectivity index (χ1v) is 5.01. The lowest BCUT2D eigenvalue weighted by atomic mass is 10.2. The Morgan fingerprint density at radius 2 is 2.25 bits per heavy atom. The molecular weight excluding hydrogens is 229 g/mol. The van der Waals surface area contributed by atoms with E-state index in [1.165, 1.54) is 11.1 Å². The van der Waals surface area contributed by atoms with Gasteiger partial charge in [0.2, 0.25) is 0 Å². The zero-order valence-corrected chi connectivity index (χ0v) is 9.79. The van der Waals surface area contributed by atoms with E-state index in [0.717, 1.165) is 12.3 Å². The number of rotatable bonds is 3. The molecule has 0 spiro atoms. The van der Waals surface area contributed by atoms with Crippen molar-refractivity contribution >= 4 is 23.1 Å². The third kappa shape index (κ3) is 2.73. The Morgan fingerprint density at radius 3 is 2.75 bits per heavy atom. The van der Waals surface area contributed by atoms with Crippen molar-refractivity contribution in [3.63, 3.8) is 0 Å². The fraction of sp³-hybridized carbons (Fsp3) is 0.300. The van der Waals surface area contributed by atoms with Gasteiger partial charge in [-0.05, 0) is 13.0 Å². The van der Waals surface area contributed by atoms with E-state index in [-0.39, 0.29) is 22.5 Å². The van der Waals surface area contributed by atoms with E-state index in [9.17, 15) is 9.18 Å². The summed E-state index contributed by atoms with van der Waals surface area (Å²) in [6, 6.07) is 0.740. The van der Waals surface area contributed by atoms with Gasteiger partial charge in [0, 0.05) is 13.2 Å². The van der Waals surface area contributed by atoms with Gasteiger partial charge in [0.05, 0.1) is 22.8 Å². The maximum absolute atomic E-state index is 12.9. The largest absolute Gasteiger partial charge is 0.392 e. The summed E-state index contributed by atoms with van der Waals surface area (Å²) < 4.78 is 12.9. The van der Waals surface area contributed by atoms with E-state index in [4.69, 9.17) is 18.0 Å². The fourth-order valence-electron chi connectivity index (χ4n) is 1.10. The molecular formula is C10H12FN3OS. The second-order valence-electron chi connectivity index (χ2n) is 3.39. The lowest BCUT2D eigenvalue weighted by Gasteiger charge is -2.23. The summed E-state index contributed by atoms with van der Waals surface area (Å²) in [6.45, 7) is 1.70. The minimum absolute atomic E-state index is 0.172. The summed E-state index contributed by atoms with van der Waals surface area (Å²) >= 11 is 4.78. The number of nitrogens with zero attached hydrogens (tertiary/aromatic N) is 2. The molecule has 16 heavy (non-hydrogen) atoms. The predicted octanol–water partition coefficient (Wildman–Crippen LogP) is 0.967. The number of carbonyl (C=O) groups excluding carboxylic acids is 1. The Hall–Kier alpha value is -1.56. The van der Waals surface area contributed by atoms with Gasteiger partial charge in [-0.25, -0.2) is 4.39 Å². The molecule has 0 saturated carbocycles. The summed E-state index contributed by atoms with van der Waals surface area (Å²) in [5, 5.41) is 0. The molecule has 1 unspecified atom stereocenters. The molecule has 1 aromatic heterocycles. The summed E-state index contributed by atoms with van der Waals surface area (Å²) in [4.78, 5) is 17.0. The van der Waals surface area contributed by atoms with Crippen LogP contribution in [0.2, 0.25) is 0 Å². The smallest absolute Gasteiger partial charge is 0.255 e. The van der Waals surface area contributed by atoms with Crippen LogP contribution in [0.5, 0.6) is 0 Å². The molecule has 0 radical (unpaired) electrons. The number of amides is 1. The standard InChI is InChI=1S/C10H12FN3OS/c1-6(9(12)16)14(2)10(15)7-3-8(11)5-13-4-7/h3-6H,1-2H3,(H2,12,16). The molecule has 0 aliphatic heterocycles. The van der Waals surface area contributed by atoms with Crippen molar-refractivity contribution in [1.29, 1.82) is 0 Å². The number of nitrogens with two attached hydrogens (primary N) is 1.